The van der Waals surface area contributed by atoms with Crippen LogP contribution in [0.25, 0.3) is 0 Å². The number of morpholine rings is 1. The third kappa shape index (κ3) is 2.94. The van der Waals surface area contributed by atoms with Crippen molar-refractivity contribution in [2.45, 2.75) is 32.0 Å². The minimum absolute atomic E-state index is 0.0449. The Labute approximate surface area is 112 Å². The molecule has 1 saturated heterocycles. The molecule has 0 aliphatic carbocycles. The van der Waals surface area contributed by atoms with Crippen LogP contribution < -0.4 is 5.32 Å². The van der Waals surface area contributed by atoms with Gasteiger partial charge >= 0.3 is 0 Å². The van der Waals surface area contributed by atoms with Gasteiger partial charge in [-0.1, -0.05) is 36.2 Å². The van der Waals surface area contributed by atoms with Crippen molar-refractivity contribution in [1.29, 1.82) is 0 Å². The molecule has 1 heterocycles. The predicted octanol–water partition coefficient (Wildman–Crippen LogP) is 3.82. The van der Waals surface area contributed by atoms with Crippen LogP contribution in [-0.2, 0) is 4.74 Å². The first-order valence-electron chi connectivity index (χ1n) is 5.87. The number of rotatable bonds is 2. The van der Waals surface area contributed by atoms with Gasteiger partial charge in [-0.05, 0) is 31.0 Å². The van der Waals surface area contributed by atoms with E-state index in [9.17, 15) is 0 Å². The van der Waals surface area contributed by atoms with E-state index >= 15 is 0 Å². The number of hydrogen-bond donors (Lipinski definition) is 1. The zero-order chi connectivity index (χ0) is 12.5. The molecule has 1 aliphatic rings. The molecule has 2 atom stereocenters. The molecule has 0 radical (unpaired) electrons. The summed E-state index contributed by atoms with van der Waals surface area (Å²) in [5.41, 5.74) is 0.973. The van der Waals surface area contributed by atoms with E-state index < -0.39 is 0 Å². The van der Waals surface area contributed by atoms with Gasteiger partial charge in [0.25, 0.3) is 0 Å². The number of ether oxygens (including phenoxy) is 1. The SMILES string of the molecule is CCC1(C)CNCC(c2ccc(Cl)c(Cl)c2)O1. The summed E-state index contributed by atoms with van der Waals surface area (Å²) in [4.78, 5) is 0. The standard InChI is InChI=1S/C13H17Cl2NO/c1-3-13(2)8-16-7-12(17-13)9-4-5-10(14)11(15)6-9/h4-6,12,16H,3,7-8H2,1-2H3. The Morgan fingerprint density at radius 3 is 2.82 bits per heavy atom. The van der Waals surface area contributed by atoms with Gasteiger partial charge in [0.15, 0.2) is 0 Å². The van der Waals surface area contributed by atoms with Gasteiger partial charge in [0.1, 0.15) is 0 Å². The van der Waals surface area contributed by atoms with Crippen LogP contribution in [0.4, 0.5) is 0 Å². The summed E-state index contributed by atoms with van der Waals surface area (Å²) < 4.78 is 6.14. The van der Waals surface area contributed by atoms with E-state index in [4.69, 9.17) is 27.9 Å². The van der Waals surface area contributed by atoms with Gasteiger partial charge in [-0.3, -0.25) is 0 Å². The monoisotopic (exact) mass is 273 g/mol. The van der Waals surface area contributed by atoms with Crippen molar-refractivity contribution in [3.63, 3.8) is 0 Å². The van der Waals surface area contributed by atoms with Crippen LogP contribution in [0.3, 0.4) is 0 Å². The molecule has 1 aromatic rings. The van der Waals surface area contributed by atoms with Gasteiger partial charge in [-0.15, -0.1) is 0 Å². The molecule has 1 aliphatic heterocycles. The quantitative estimate of drug-likeness (QED) is 0.885. The number of halogens is 2. The number of benzene rings is 1. The topological polar surface area (TPSA) is 21.3 Å². The van der Waals surface area contributed by atoms with Crippen LogP contribution in [0.5, 0.6) is 0 Å². The molecule has 2 unspecified atom stereocenters. The van der Waals surface area contributed by atoms with Gasteiger partial charge in [0.2, 0.25) is 0 Å². The van der Waals surface area contributed by atoms with E-state index in [1.165, 1.54) is 0 Å². The lowest BCUT2D eigenvalue weighted by molar-refractivity contribution is -0.109. The van der Waals surface area contributed by atoms with Crippen LogP contribution in [0.1, 0.15) is 31.9 Å². The molecule has 0 aromatic heterocycles. The normalized spacial score (nSPS) is 29.3. The second-order valence-electron chi connectivity index (χ2n) is 4.71. The van der Waals surface area contributed by atoms with E-state index in [1.54, 1.807) is 0 Å². The zero-order valence-corrected chi connectivity index (χ0v) is 11.6. The largest absolute Gasteiger partial charge is 0.365 e. The molecular weight excluding hydrogens is 257 g/mol. The maximum atomic E-state index is 6.14. The smallest absolute Gasteiger partial charge is 0.0957 e. The maximum Gasteiger partial charge on any atom is 0.0957 e. The van der Waals surface area contributed by atoms with Crippen LogP contribution in [0.15, 0.2) is 18.2 Å². The van der Waals surface area contributed by atoms with Gasteiger partial charge in [-0.25, -0.2) is 0 Å². The minimum Gasteiger partial charge on any atom is -0.365 e. The Kier molecular flexibility index (Phi) is 3.99. The second-order valence-corrected chi connectivity index (χ2v) is 5.53. The van der Waals surface area contributed by atoms with Crippen molar-refractivity contribution >= 4 is 23.2 Å². The van der Waals surface area contributed by atoms with Crippen molar-refractivity contribution in [2.24, 2.45) is 0 Å². The molecule has 94 valence electrons. The fourth-order valence-corrected chi connectivity index (χ4v) is 2.31. The number of nitrogens with one attached hydrogen (secondary N) is 1. The fourth-order valence-electron chi connectivity index (χ4n) is 2.00. The van der Waals surface area contributed by atoms with Crippen molar-refractivity contribution in [3.05, 3.63) is 33.8 Å². The highest BCUT2D eigenvalue weighted by molar-refractivity contribution is 6.42. The summed E-state index contributed by atoms with van der Waals surface area (Å²) in [5, 5.41) is 4.57. The summed E-state index contributed by atoms with van der Waals surface area (Å²) in [7, 11) is 0. The summed E-state index contributed by atoms with van der Waals surface area (Å²) in [5.74, 6) is 0. The van der Waals surface area contributed by atoms with Gasteiger partial charge < -0.3 is 10.1 Å². The molecule has 2 rings (SSSR count). The van der Waals surface area contributed by atoms with E-state index in [2.05, 4.69) is 19.2 Å². The lowest BCUT2D eigenvalue weighted by atomic mass is 9.98. The summed E-state index contributed by atoms with van der Waals surface area (Å²) in [6, 6.07) is 5.68. The molecule has 0 amide bonds. The Balaban J connectivity index is 2.19. The van der Waals surface area contributed by atoms with E-state index in [0.717, 1.165) is 25.1 Å². The van der Waals surface area contributed by atoms with Crippen LogP contribution in [0, 0.1) is 0 Å². The second kappa shape index (κ2) is 5.15. The average Bonchev–Trinajstić information content (AvgIpc) is 2.33. The maximum absolute atomic E-state index is 6.14. The zero-order valence-electron chi connectivity index (χ0n) is 10.1. The summed E-state index contributed by atoms with van der Waals surface area (Å²) in [6.45, 7) is 5.97. The third-order valence-electron chi connectivity index (χ3n) is 3.32. The van der Waals surface area contributed by atoms with E-state index in [-0.39, 0.29) is 11.7 Å². The van der Waals surface area contributed by atoms with Gasteiger partial charge in [0.05, 0.1) is 21.8 Å². The Morgan fingerprint density at radius 1 is 1.41 bits per heavy atom. The van der Waals surface area contributed by atoms with E-state index in [0.29, 0.717) is 10.0 Å². The van der Waals surface area contributed by atoms with Gasteiger partial charge in [-0.2, -0.15) is 0 Å². The molecule has 1 fully saturated rings. The Bertz CT molecular complexity index is 410. The molecule has 0 spiro atoms. The Hall–Kier alpha value is -0.280. The molecular formula is C13H17Cl2NO. The first kappa shape index (κ1) is 13.2. The van der Waals surface area contributed by atoms with Crippen molar-refractivity contribution < 1.29 is 4.74 Å². The lowest BCUT2D eigenvalue weighted by Crippen LogP contribution is -2.48. The van der Waals surface area contributed by atoms with Crippen molar-refractivity contribution in [2.75, 3.05) is 13.1 Å². The first-order valence-corrected chi connectivity index (χ1v) is 6.63. The first-order chi connectivity index (χ1) is 8.04. The average molecular weight is 274 g/mol. The highest BCUT2D eigenvalue weighted by Gasteiger charge is 2.31. The summed E-state index contributed by atoms with van der Waals surface area (Å²) >= 11 is 11.9. The van der Waals surface area contributed by atoms with Crippen LogP contribution in [0.2, 0.25) is 10.0 Å². The molecule has 2 nitrogen and oxygen atoms in total. The van der Waals surface area contributed by atoms with Crippen LogP contribution in [-0.4, -0.2) is 18.7 Å². The lowest BCUT2D eigenvalue weighted by Gasteiger charge is -2.39. The van der Waals surface area contributed by atoms with Crippen LogP contribution >= 0.6 is 23.2 Å². The molecule has 0 bridgehead atoms. The molecule has 1 aromatic carbocycles. The number of hydrogen-bond acceptors (Lipinski definition) is 2. The third-order valence-corrected chi connectivity index (χ3v) is 4.06. The van der Waals surface area contributed by atoms with E-state index in [1.807, 2.05) is 18.2 Å². The fraction of sp³-hybridized carbons (Fsp3) is 0.538. The minimum atomic E-state index is -0.102. The van der Waals surface area contributed by atoms with Gasteiger partial charge in [0, 0.05) is 13.1 Å². The molecule has 4 heteroatoms. The Morgan fingerprint density at radius 2 is 2.18 bits per heavy atom. The predicted molar refractivity (Wildman–Crippen MR) is 71.9 cm³/mol. The van der Waals surface area contributed by atoms with Crippen molar-refractivity contribution in [1.82, 2.24) is 5.32 Å². The molecule has 0 saturated carbocycles. The molecule has 17 heavy (non-hydrogen) atoms. The van der Waals surface area contributed by atoms with Crippen molar-refractivity contribution in [3.8, 4) is 0 Å². The summed E-state index contributed by atoms with van der Waals surface area (Å²) in [6.07, 6.45) is 1.03. The molecule has 1 N–H and O–H groups in total. The highest BCUT2D eigenvalue weighted by atomic mass is 35.5. The highest BCUT2D eigenvalue weighted by Crippen LogP contribution is 2.32.